The zero-order valence-electron chi connectivity index (χ0n) is 17.9. The first-order valence-corrected chi connectivity index (χ1v) is 12.6. The van der Waals surface area contributed by atoms with Gasteiger partial charge in [-0.1, -0.05) is 13.8 Å². The van der Waals surface area contributed by atoms with E-state index in [1.54, 1.807) is 86.3 Å². The fourth-order valence-electron chi connectivity index (χ4n) is 3.04. The van der Waals surface area contributed by atoms with Crippen molar-refractivity contribution in [2.24, 2.45) is 0 Å². The van der Waals surface area contributed by atoms with E-state index in [1.807, 2.05) is 13.8 Å². The van der Waals surface area contributed by atoms with Crippen LogP contribution in [0.2, 0.25) is 0 Å². The van der Waals surface area contributed by atoms with Crippen LogP contribution in [0.3, 0.4) is 0 Å². The van der Waals surface area contributed by atoms with Crippen LogP contribution in [0.25, 0.3) is 0 Å². The Hall–Kier alpha value is -2.22. The second-order valence-corrected chi connectivity index (χ2v) is 10.5. The van der Waals surface area contributed by atoms with Crippen LogP contribution < -0.4 is 9.47 Å². The summed E-state index contributed by atoms with van der Waals surface area (Å²) in [5, 5.41) is 0. The molecule has 0 bridgehead atoms. The van der Waals surface area contributed by atoms with Gasteiger partial charge in [0.1, 0.15) is 11.5 Å². The molecule has 0 spiro atoms. The molecular weight excluding hydrogens is 448 g/mol. The second kappa shape index (κ2) is 10.9. The number of thiophene rings is 1. The minimum absolute atomic E-state index is 0.144. The van der Waals surface area contributed by atoms with Crippen molar-refractivity contribution in [2.75, 3.05) is 25.7 Å². The fourth-order valence-corrected chi connectivity index (χ4v) is 6.84. The van der Waals surface area contributed by atoms with Gasteiger partial charge in [-0.15, -0.1) is 34.9 Å². The molecule has 1 aromatic heterocycles. The molecule has 0 aliphatic heterocycles. The number of carbonyl (C=O) groups is 2. The molecule has 0 radical (unpaired) electrons. The quantitative estimate of drug-likeness (QED) is 0.250. The Labute approximate surface area is 195 Å². The van der Waals surface area contributed by atoms with Gasteiger partial charge in [-0.25, -0.2) is 0 Å². The summed E-state index contributed by atoms with van der Waals surface area (Å²) < 4.78 is 12.2. The fraction of sp³-hybridized carbons (Fsp3) is 0.250. The number of rotatable bonds is 10. The largest absolute Gasteiger partial charge is 0.497 e. The van der Waals surface area contributed by atoms with Gasteiger partial charge in [0.25, 0.3) is 0 Å². The van der Waals surface area contributed by atoms with E-state index in [9.17, 15) is 9.59 Å². The van der Waals surface area contributed by atoms with Crippen LogP contribution in [0.15, 0.2) is 56.9 Å². The molecule has 31 heavy (non-hydrogen) atoms. The summed E-state index contributed by atoms with van der Waals surface area (Å²) in [4.78, 5) is 27.2. The first kappa shape index (κ1) is 23.4. The maximum Gasteiger partial charge on any atom is 0.195 e. The Kier molecular flexibility index (Phi) is 8.23. The number of methoxy groups -OCH3 is 2. The average molecular weight is 473 g/mol. The van der Waals surface area contributed by atoms with E-state index in [1.165, 1.54) is 11.3 Å². The Morgan fingerprint density at radius 3 is 1.35 bits per heavy atom. The highest BCUT2D eigenvalue weighted by atomic mass is 32.2. The number of benzene rings is 2. The molecule has 2 aromatic carbocycles. The summed E-state index contributed by atoms with van der Waals surface area (Å²) >= 11 is 4.73. The van der Waals surface area contributed by atoms with E-state index in [4.69, 9.17) is 9.47 Å². The van der Waals surface area contributed by atoms with Crippen molar-refractivity contribution in [2.45, 2.75) is 22.3 Å². The number of ether oxygens (including phenoxy) is 2. The van der Waals surface area contributed by atoms with Crippen LogP contribution in [-0.2, 0) is 0 Å². The summed E-state index contributed by atoms with van der Waals surface area (Å²) in [6.07, 6.45) is 0. The van der Waals surface area contributed by atoms with Gasteiger partial charge in [0.2, 0.25) is 0 Å². The third-order valence-corrected chi connectivity index (χ3v) is 8.05. The lowest BCUT2D eigenvalue weighted by molar-refractivity contribution is 0.100. The summed E-state index contributed by atoms with van der Waals surface area (Å²) in [6, 6.07) is 14.0. The van der Waals surface area contributed by atoms with Crippen LogP contribution in [0.1, 0.15) is 45.7 Å². The molecule has 0 fully saturated rings. The Balaban J connectivity index is 2.14. The SMILES string of the molecule is CCSc1sc(SCC)c(C(=O)c2ccc(OC)cc2)c1C(=O)c1ccc(OC)cc1. The van der Waals surface area contributed by atoms with Crippen molar-refractivity contribution < 1.29 is 19.1 Å². The molecule has 0 atom stereocenters. The van der Waals surface area contributed by atoms with Crippen molar-refractivity contribution in [1.29, 1.82) is 0 Å². The number of hydrogen-bond acceptors (Lipinski definition) is 7. The molecule has 3 aromatic rings. The molecular formula is C24H24O4S3. The molecule has 0 aliphatic carbocycles. The molecule has 7 heteroatoms. The van der Waals surface area contributed by atoms with E-state index in [-0.39, 0.29) is 11.6 Å². The normalized spacial score (nSPS) is 10.7. The van der Waals surface area contributed by atoms with Gasteiger partial charge in [-0.05, 0) is 60.0 Å². The lowest BCUT2D eigenvalue weighted by Crippen LogP contribution is -2.11. The van der Waals surface area contributed by atoms with Gasteiger partial charge in [0, 0.05) is 11.1 Å². The van der Waals surface area contributed by atoms with Gasteiger partial charge in [0.05, 0.1) is 33.8 Å². The number of hydrogen-bond donors (Lipinski definition) is 0. The number of thioether (sulfide) groups is 2. The zero-order valence-corrected chi connectivity index (χ0v) is 20.3. The topological polar surface area (TPSA) is 52.6 Å². The second-order valence-electron chi connectivity index (χ2n) is 6.41. The highest BCUT2D eigenvalue weighted by Crippen LogP contribution is 2.43. The maximum atomic E-state index is 13.6. The molecule has 162 valence electrons. The van der Waals surface area contributed by atoms with Crippen LogP contribution >= 0.6 is 34.9 Å². The van der Waals surface area contributed by atoms with Crippen LogP contribution in [0.5, 0.6) is 11.5 Å². The third kappa shape index (κ3) is 5.17. The Bertz CT molecular complexity index is 970. The van der Waals surface area contributed by atoms with Crippen molar-refractivity contribution in [3.8, 4) is 11.5 Å². The molecule has 0 N–H and O–H groups in total. The molecule has 0 saturated heterocycles. The smallest absolute Gasteiger partial charge is 0.195 e. The van der Waals surface area contributed by atoms with Crippen molar-refractivity contribution in [3.05, 3.63) is 70.8 Å². The van der Waals surface area contributed by atoms with Crippen LogP contribution in [0, 0.1) is 0 Å². The monoisotopic (exact) mass is 472 g/mol. The molecule has 3 rings (SSSR count). The average Bonchev–Trinajstić information content (AvgIpc) is 3.16. The highest BCUT2D eigenvalue weighted by molar-refractivity contribution is 8.03. The van der Waals surface area contributed by atoms with E-state index >= 15 is 0 Å². The lowest BCUT2D eigenvalue weighted by atomic mass is 9.97. The minimum Gasteiger partial charge on any atom is -0.497 e. The molecule has 0 aliphatic rings. The number of ketones is 2. The molecule has 0 amide bonds. The summed E-state index contributed by atoms with van der Waals surface area (Å²) in [7, 11) is 3.18. The van der Waals surface area contributed by atoms with Crippen LogP contribution in [-0.4, -0.2) is 37.3 Å². The molecule has 0 unspecified atom stereocenters. The van der Waals surface area contributed by atoms with Gasteiger partial charge in [0.15, 0.2) is 11.6 Å². The molecule has 1 heterocycles. The van der Waals surface area contributed by atoms with Gasteiger partial charge in [-0.3, -0.25) is 9.59 Å². The molecule has 0 saturated carbocycles. The predicted octanol–water partition coefficient (Wildman–Crippen LogP) is 6.45. The van der Waals surface area contributed by atoms with Gasteiger partial charge < -0.3 is 9.47 Å². The van der Waals surface area contributed by atoms with Gasteiger partial charge in [-0.2, -0.15) is 0 Å². The highest BCUT2D eigenvalue weighted by Gasteiger charge is 2.29. The van der Waals surface area contributed by atoms with E-state index < -0.39 is 0 Å². The van der Waals surface area contributed by atoms with E-state index in [0.717, 1.165) is 19.9 Å². The minimum atomic E-state index is -0.144. The van der Waals surface area contributed by atoms with Crippen LogP contribution in [0.4, 0.5) is 0 Å². The predicted molar refractivity (Wildman–Crippen MR) is 130 cm³/mol. The standard InChI is InChI=1S/C24H24O4S3/c1-5-29-23-19(21(25)15-7-11-17(27-3)12-8-15)20(24(31-23)30-6-2)22(26)16-9-13-18(28-4)14-10-16/h7-14H,5-6H2,1-4H3. The first-order valence-electron chi connectivity index (χ1n) is 9.83. The maximum absolute atomic E-state index is 13.6. The summed E-state index contributed by atoms with van der Waals surface area (Å²) in [6.45, 7) is 4.09. The third-order valence-electron chi connectivity index (χ3n) is 4.55. The lowest BCUT2D eigenvalue weighted by Gasteiger charge is -2.09. The Morgan fingerprint density at radius 2 is 1.06 bits per heavy atom. The van der Waals surface area contributed by atoms with Crippen molar-refractivity contribution >= 4 is 46.4 Å². The van der Waals surface area contributed by atoms with Crippen molar-refractivity contribution in [3.63, 3.8) is 0 Å². The van der Waals surface area contributed by atoms with E-state index in [2.05, 4.69) is 0 Å². The summed E-state index contributed by atoms with van der Waals surface area (Å²) in [5.41, 5.74) is 2.07. The number of carbonyl (C=O) groups excluding carboxylic acids is 2. The van der Waals surface area contributed by atoms with Gasteiger partial charge >= 0.3 is 0 Å². The Morgan fingerprint density at radius 1 is 0.710 bits per heavy atom. The molecule has 4 nitrogen and oxygen atoms in total. The van der Waals surface area contributed by atoms with E-state index in [0.29, 0.717) is 33.8 Å². The zero-order chi connectivity index (χ0) is 22.4. The summed E-state index contributed by atoms with van der Waals surface area (Å²) in [5.74, 6) is 2.71. The van der Waals surface area contributed by atoms with Crippen molar-refractivity contribution in [1.82, 2.24) is 0 Å². The first-order chi connectivity index (χ1) is 15.0.